The third-order valence-corrected chi connectivity index (χ3v) is 5.38. The normalized spacial score (nSPS) is 30.9. The average molecular weight is 293 g/mol. The van der Waals surface area contributed by atoms with Crippen molar-refractivity contribution in [2.24, 2.45) is 11.8 Å². The fraction of sp³-hybridized carbons (Fsp3) is 0.429. The first-order valence-electron chi connectivity index (χ1n) is 8.52. The van der Waals surface area contributed by atoms with E-state index < -0.39 is 0 Å². The summed E-state index contributed by atoms with van der Waals surface area (Å²) in [6.07, 6.45) is 14.2. The molecule has 0 saturated heterocycles. The molecule has 3 rings (SSSR count). The van der Waals surface area contributed by atoms with Crippen molar-refractivity contribution in [2.45, 2.75) is 38.6 Å². The molecule has 1 heterocycles. The van der Waals surface area contributed by atoms with Gasteiger partial charge in [0, 0.05) is 24.4 Å². The summed E-state index contributed by atoms with van der Waals surface area (Å²) in [7, 11) is 2.27. The maximum atomic E-state index is 3.92. The molecule has 0 bridgehead atoms. The van der Waals surface area contributed by atoms with Crippen LogP contribution in [0.3, 0.4) is 0 Å². The minimum Gasteiger partial charge on any atom is -0.371 e. The van der Waals surface area contributed by atoms with Crippen LogP contribution in [0.5, 0.6) is 0 Å². The Morgan fingerprint density at radius 3 is 2.86 bits per heavy atom. The molecule has 116 valence electrons. The molecular weight excluding hydrogens is 266 g/mol. The topological polar surface area (TPSA) is 3.24 Å². The van der Waals surface area contributed by atoms with Gasteiger partial charge < -0.3 is 4.90 Å². The first-order chi connectivity index (χ1) is 10.7. The summed E-state index contributed by atoms with van der Waals surface area (Å²) < 4.78 is 0. The highest BCUT2D eigenvalue weighted by atomic mass is 15.1. The largest absolute Gasteiger partial charge is 0.371 e. The second-order valence-electron chi connectivity index (χ2n) is 6.67. The van der Waals surface area contributed by atoms with Gasteiger partial charge in [0.15, 0.2) is 0 Å². The second-order valence-corrected chi connectivity index (χ2v) is 6.67. The number of allylic oxidation sites excluding steroid dienone is 2. The summed E-state index contributed by atoms with van der Waals surface area (Å²) in [6, 6.07) is 9.38. The van der Waals surface area contributed by atoms with Crippen LogP contribution in [0.25, 0.3) is 11.8 Å². The quantitative estimate of drug-likeness (QED) is 0.663. The number of nitrogens with zero attached hydrogens (tertiary/aromatic N) is 1. The monoisotopic (exact) mass is 293 g/mol. The fourth-order valence-corrected chi connectivity index (χ4v) is 4.25. The van der Waals surface area contributed by atoms with E-state index in [0.717, 1.165) is 12.3 Å². The molecule has 22 heavy (non-hydrogen) atoms. The predicted octanol–water partition coefficient (Wildman–Crippen LogP) is 5.37. The van der Waals surface area contributed by atoms with Gasteiger partial charge in [-0.2, -0.15) is 0 Å². The zero-order chi connectivity index (χ0) is 15.5. The lowest BCUT2D eigenvalue weighted by Crippen LogP contribution is -2.41. The Balaban J connectivity index is 1.98. The molecular formula is C21H27N. The number of benzene rings is 1. The van der Waals surface area contributed by atoms with E-state index in [4.69, 9.17) is 0 Å². The zero-order valence-corrected chi connectivity index (χ0v) is 13.8. The van der Waals surface area contributed by atoms with Gasteiger partial charge >= 0.3 is 0 Å². The molecule has 1 aromatic rings. The maximum absolute atomic E-state index is 3.92. The van der Waals surface area contributed by atoms with Gasteiger partial charge in [0.1, 0.15) is 0 Å². The lowest BCUT2D eigenvalue weighted by molar-refractivity contribution is 0.174. The Hall–Kier alpha value is -1.76. The van der Waals surface area contributed by atoms with E-state index in [1.165, 1.54) is 36.1 Å². The van der Waals surface area contributed by atoms with Crippen molar-refractivity contribution in [3.8, 4) is 0 Å². The molecule has 0 N–H and O–H groups in total. The summed E-state index contributed by atoms with van der Waals surface area (Å²) in [6.45, 7) is 6.08. The lowest BCUT2D eigenvalue weighted by Gasteiger charge is -2.43. The molecule has 0 amide bonds. The average Bonchev–Trinajstić information content (AvgIpc) is 2.54. The van der Waals surface area contributed by atoms with E-state index in [1.807, 2.05) is 0 Å². The minimum absolute atomic E-state index is 0.622. The van der Waals surface area contributed by atoms with Crippen LogP contribution in [0.1, 0.15) is 43.7 Å². The van der Waals surface area contributed by atoms with Crippen molar-refractivity contribution in [3.05, 3.63) is 60.2 Å². The van der Waals surface area contributed by atoms with Crippen LogP contribution in [0, 0.1) is 11.8 Å². The van der Waals surface area contributed by atoms with Crippen LogP contribution in [-0.4, -0.2) is 18.0 Å². The molecule has 3 unspecified atom stereocenters. The minimum atomic E-state index is 0.622. The highest BCUT2D eigenvalue weighted by Gasteiger charge is 2.33. The Morgan fingerprint density at radius 1 is 1.27 bits per heavy atom. The van der Waals surface area contributed by atoms with Gasteiger partial charge in [0.05, 0.1) is 0 Å². The van der Waals surface area contributed by atoms with E-state index in [2.05, 4.69) is 74.0 Å². The third-order valence-electron chi connectivity index (χ3n) is 5.38. The summed E-state index contributed by atoms with van der Waals surface area (Å²) >= 11 is 0. The van der Waals surface area contributed by atoms with Crippen LogP contribution in [0.15, 0.2) is 49.1 Å². The molecule has 1 fully saturated rings. The first kappa shape index (κ1) is 15.1. The highest BCUT2D eigenvalue weighted by Crippen LogP contribution is 2.39. The van der Waals surface area contributed by atoms with Gasteiger partial charge in [-0.25, -0.2) is 0 Å². The SMILES string of the molecule is C=CCC1CCC2C(/C=C/c3ccccc3/C(=C\C)N2C)C1. The van der Waals surface area contributed by atoms with Gasteiger partial charge in [-0.1, -0.05) is 48.6 Å². The van der Waals surface area contributed by atoms with E-state index in [-0.39, 0.29) is 0 Å². The van der Waals surface area contributed by atoms with Crippen molar-refractivity contribution >= 4 is 11.8 Å². The summed E-state index contributed by atoms with van der Waals surface area (Å²) in [4.78, 5) is 2.52. The molecule has 0 aromatic heterocycles. The van der Waals surface area contributed by atoms with Crippen molar-refractivity contribution in [3.63, 3.8) is 0 Å². The van der Waals surface area contributed by atoms with Gasteiger partial charge in [-0.05, 0) is 50.0 Å². The summed E-state index contributed by atoms with van der Waals surface area (Å²) in [5.74, 6) is 1.45. The van der Waals surface area contributed by atoms with Crippen LogP contribution in [0.4, 0.5) is 0 Å². The Morgan fingerprint density at radius 2 is 2.09 bits per heavy atom. The molecule has 1 nitrogen and oxygen atoms in total. The number of hydrogen-bond donors (Lipinski definition) is 0. The summed E-state index contributed by atoms with van der Waals surface area (Å²) in [5.41, 5.74) is 4.07. The maximum Gasteiger partial charge on any atom is 0.0402 e. The van der Waals surface area contributed by atoms with Gasteiger partial charge in [0.2, 0.25) is 0 Å². The van der Waals surface area contributed by atoms with Crippen LogP contribution in [-0.2, 0) is 0 Å². The Kier molecular flexibility index (Phi) is 4.52. The standard InChI is InChI=1S/C21H27N/c1-4-8-16-11-14-21-18(15-16)13-12-17-9-6-7-10-19(17)20(5-2)22(21)3/h4-7,9-10,12-13,16,18,21H,1,8,11,14-15H2,2-3H3/b13-12+,20-5+. The molecule has 3 atom stereocenters. The fourth-order valence-electron chi connectivity index (χ4n) is 4.25. The van der Waals surface area contributed by atoms with Crippen LogP contribution < -0.4 is 0 Å². The molecule has 0 radical (unpaired) electrons. The first-order valence-corrected chi connectivity index (χ1v) is 8.52. The molecule has 1 heteroatoms. The Bertz CT molecular complexity index is 596. The van der Waals surface area contributed by atoms with E-state index >= 15 is 0 Å². The van der Waals surface area contributed by atoms with Crippen molar-refractivity contribution in [1.29, 1.82) is 0 Å². The van der Waals surface area contributed by atoms with E-state index in [0.29, 0.717) is 12.0 Å². The van der Waals surface area contributed by atoms with Crippen molar-refractivity contribution in [2.75, 3.05) is 7.05 Å². The van der Waals surface area contributed by atoms with E-state index in [9.17, 15) is 0 Å². The number of hydrogen-bond acceptors (Lipinski definition) is 1. The van der Waals surface area contributed by atoms with Gasteiger partial charge in [0.25, 0.3) is 0 Å². The van der Waals surface area contributed by atoms with Crippen LogP contribution >= 0.6 is 0 Å². The summed E-state index contributed by atoms with van der Waals surface area (Å²) in [5, 5.41) is 0. The lowest BCUT2D eigenvalue weighted by atomic mass is 9.75. The Labute approximate surface area is 135 Å². The molecule has 1 saturated carbocycles. The second kappa shape index (κ2) is 6.56. The number of fused-ring (bicyclic) bond motifs is 2. The number of rotatable bonds is 2. The van der Waals surface area contributed by atoms with Crippen molar-refractivity contribution in [1.82, 2.24) is 4.90 Å². The zero-order valence-electron chi connectivity index (χ0n) is 13.8. The third kappa shape index (κ3) is 2.77. The predicted molar refractivity (Wildman–Crippen MR) is 96.3 cm³/mol. The molecule has 1 aromatic carbocycles. The van der Waals surface area contributed by atoms with Gasteiger partial charge in [-0.15, -0.1) is 6.58 Å². The van der Waals surface area contributed by atoms with Crippen molar-refractivity contribution < 1.29 is 0 Å². The molecule has 0 spiro atoms. The van der Waals surface area contributed by atoms with Gasteiger partial charge in [-0.3, -0.25) is 0 Å². The van der Waals surface area contributed by atoms with E-state index in [1.54, 1.807) is 0 Å². The smallest absolute Gasteiger partial charge is 0.0402 e. The molecule has 1 aliphatic heterocycles. The van der Waals surface area contributed by atoms with Crippen LogP contribution in [0.2, 0.25) is 0 Å². The highest BCUT2D eigenvalue weighted by molar-refractivity contribution is 5.74. The molecule has 2 aliphatic rings. The molecule has 1 aliphatic carbocycles.